The first-order valence-corrected chi connectivity index (χ1v) is 6.48. The topological polar surface area (TPSA) is 49.1 Å². The second-order valence-corrected chi connectivity index (χ2v) is 4.84. The van der Waals surface area contributed by atoms with E-state index in [0.717, 1.165) is 13.0 Å². The van der Waals surface area contributed by atoms with Crippen LogP contribution in [0, 0.1) is 11.3 Å². The zero-order chi connectivity index (χ0) is 13.1. The molecule has 1 fully saturated rings. The molecule has 2 unspecified atom stereocenters. The van der Waals surface area contributed by atoms with E-state index in [1.54, 1.807) is 12.3 Å². The smallest absolute Gasteiger partial charge is 0.149 e. The number of nitriles is 1. The third kappa shape index (κ3) is 2.43. The van der Waals surface area contributed by atoms with Gasteiger partial charge in [0.2, 0.25) is 0 Å². The fourth-order valence-corrected chi connectivity index (χ4v) is 2.42. The summed E-state index contributed by atoms with van der Waals surface area (Å²) in [6.45, 7) is 5.56. The van der Waals surface area contributed by atoms with Gasteiger partial charge in [0.25, 0.3) is 0 Å². The number of anilines is 1. The van der Waals surface area contributed by atoms with E-state index in [0.29, 0.717) is 23.0 Å². The lowest BCUT2D eigenvalue weighted by molar-refractivity contribution is 0.0296. The largest absolute Gasteiger partial charge is 0.375 e. The molecule has 0 radical (unpaired) electrons. The van der Waals surface area contributed by atoms with E-state index in [4.69, 9.17) is 21.6 Å². The molecule has 1 saturated heterocycles. The number of halogens is 1. The maximum Gasteiger partial charge on any atom is 0.149 e. The number of ether oxygens (including phenoxy) is 1. The Morgan fingerprint density at radius 2 is 2.44 bits per heavy atom. The molecule has 4 nitrogen and oxygen atoms in total. The Morgan fingerprint density at radius 1 is 1.67 bits per heavy atom. The fourth-order valence-electron chi connectivity index (χ4n) is 2.16. The molecule has 0 bridgehead atoms. The van der Waals surface area contributed by atoms with Crippen LogP contribution in [0.4, 0.5) is 5.82 Å². The minimum Gasteiger partial charge on any atom is -0.375 e. The summed E-state index contributed by atoms with van der Waals surface area (Å²) in [5, 5.41) is 9.45. The molecule has 2 heterocycles. The molecule has 1 aliphatic heterocycles. The second-order valence-electron chi connectivity index (χ2n) is 4.47. The summed E-state index contributed by atoms with van der Waals surface area (Å²) in [4.78, 5) is 6.48. The Hall–Kier alpha value is -1.31. The van der Waals surface area contributed by atoms with Crippen LogP contribution in [0.2, 0.25) is 5.02 Å². The van der Waals surface area contributed by atoms with E-state index >= 15 is 0 Å². The summed E-state index contributed by atoms with van der Waals surface area (Å²) in [6.07, 6.45) is 2.74. The van der Waals surface area contributed by atoms with Crippen LogP contribution in [0.1, 0.15) is 25.8 Å². The van der Waals surface area contributed by atoms with Gasteiger partial charge < -0.3 is 9.64 Å². The first-order valence-electron chi connectivity index (χ1n) is 6.10. The third-order valence-electron chi connectivity index (χ3n) is 3.20. The van der Waals surface area contributed by atoms with Crippen molar-refractivity contribution in [3.8, 4) is 6.07 Å². The molecule has 0 spiro atoms. The van der Waals surface area contributed by atoms with Crippen molar-refractivity contribution >= 4 is 17.4 Å². The van der Waals surface area contributed by atoms with Crippen LogP contribution >= 0.6 is 11.6 Å². The molecular formula is C13H16ClN3O. The predicted molar refractivity (Wildman–Crippen MR) is 70.8 cm³/mol. The van der Waals surface area contributed by atoms with E-state index in [9.17, 15) is 0 Å². The highest BCUT2D eigenvalue weighted by Crippen LogP contribution is 2.30. The van der Waals surface area contributed by atoms with E-state index < -0.39 is 0 Å². The summed E-state index contributed by atoms with van der Waals surface area (Å²) < 4.78 is 5.65. The summed E-state index contributed by atoms with van der Waals surface area (Å²) >= 11 is 6.24. The first kappa shape index (κ1) is 13.1. The number of hydrogen-bond acceptors (Lipinski definition) is 4. The molecule has 96 valence electrons. The number of pyridine rings is 1. The molecule has 0 aliphatic carbocycles. The molecule has 1 aromatic heterocycles. The highest BCUT2D eigenvalue weighted by Gasteiger charge is 2.28. The van der Waals surface area contributed by atoms with Gasteiger partial charge in [0.15, 0.2) is 0 Å². The van der Waals surface area contributed by atoms with Crippen molar-refractivity contribution in [1.29, 1.82) is 5.26 Å². The van der Waals surface area contributed by atoms with Gasteiger partial charge in [-0.25, -0.2) is 4.98 Å². The van der Waals surface area contributed by atoms with Crippen LogP contribution in [0.25, 0.3) is 0 Å². The highest BCUT2D eigenvalue weighted by atomic mass is 35.5. The van der Waals surface area contributed by atoms with E-state index in [1.807, 2.05) is 6.92 Å². The lowest BCUT2D eigenvalue weighted by Gasteiger charge is -2.39. The van der Waals surface area contributed by atoms with Crippen molar-refractivity contribution in [2.45, 2.75) is 32.4 Å². The Bertz CT molecular complexity index is 472. The Balaban J connectivity index is 2.37. The Kier molecular flexibility index (Phi) is 4.05. The number of nitrogens with zero attached hydrogens (tertiary/aromatic N) is 3. The monoisotopic (exact) mass is 265 g/mol. The SMILES string of the molecule is CCC1COC(C)CN1c1nccc(C#N)c1Cl. The fraction of sp³-hybridized carbons (Fsp3) is 0.538. The van der Waals surface area contributed by atoms with Gasteiger partial charge in [0.1, 0.15) is 16.9 Å². The summed E-state index contributed by atoms with van der Waals surface area (Å²) in [7, 11) is 0. The van der Waals surface area contributed by atoms with Crippen LogP contribution in [0.5, 0.6) is 0 Å². The number of morpholine rings is 1. The average Bonchev–Trinajstić information content (AvgIpc) is 2.39. The van der Waals surface area contributed by atoms with Gasteiger partial charge in [-0.1, -0.05) is 18.5 Å². The maximum atomic E-state index is 9.01. The zero-order valence-electron chi connectivity index (χ0n) is 10.6. The van der Waals surface area contributed by atoms with Crippen LogP contribution in [0.15, 0.2) is 12.3 Å². The number of hydrogen-bond donors (Lipinski definition) is 0. The van der Waals surface area contributed by atoms with Crippen LogP contribution < -0.4 is 4.90 Å². The van der Waals surface area contributed by atoms with Crippen LogP contribution in [-0.4, -0.2) is 30.3 Å². The van der Waals surface area contributed by atoms with Crippen molar-refractivity contribution in [3.63, 3.8) is 0 Å². The van der Waals surface area contributed by atoms with Gasteiger partial charge in [0.05, 0.1) is 24.3 Å². The van der Waals surface area contributed by atoms with E-state index in [2.05, 4.69) is 22.9 Å². The summed E-state index contributed by atoms with van der Waals surface area (Å²) in [5.74, 6) is 0.692. The molecule has 0 amide bonds. The van der Waals surface area contributed by atoms with Crippen LogP contribution in [0.3, 0.4) is 0 Å². The van der Waals surface area contributed by atoms with E-state index in [-0.39, 0.29) is 12.1 Å². The average molecular weight is 266 g/mol. The Labute approximate surface area is 112 Å². The Morgan fingerprint density at radius 3 is 3.11 bits per heavy atom. The lowest BCUT2D eigenvalue weighted by atomic mass is 10.1. The number of aromatic nitrogens is 1. The molecule has 2 rings (SSSR count). The minimum atomic E-state index is 0.149. The molecule has 1 aliphatic rings. The quantitative estimate of drug-likeness (QED) is 0.825. The van der Waals surface area contributed by atoms with Gasteiger partial charge in [-0.05, 0) is 19.4 Å². The molecule has 1 aromatic rings. The summed E-state index contributed by atoms with van der Waals surface area (Å²) in [6, 6.07) is 3.99. The van der Waals surface area contributed by atoms with Crippen molar-refractivity contribution in [2.24, 2.45) is 0 Å². The first-order chi connectivity index (χ1) is 8.67. The number of rotatable bonds is 2. The molecule has 18 heavy (non-hydrogen) atoms. The van der Waals surface area contributed by atoms with Crippen molar-refractivity contribution < 1.29 is 4.74 Å². The highest BCUT2D eigenvalue weighted by molar-refractivity contribution is 6.34. The summed E-state index contributed by atoms with van der Waals surface area (Å²) in [5.41, 5.74) is 0.468. The minimum absolute atomic E-state index is 0.149. The van der Waals surface area contributed by atoms with Gasteiger partial charge >= 0.3 is 0 Å². The molecule has 5 heteroatoms. The molecular weight excluding hydrogens is 250 g/mol. The molecule has 0 aromatic carbocycles. The molecule has 0 saturated carbocycles. The van der Waals surface area contributed by atoms with Gasteiger partial charge in [-0.2, -0.15) is 5.26 Å². The van der Waals surface area contributed by atoms with Crippen molar-refractivity contribution in [1.82, 2.24) is 4.98 Å². The predicted octanol–water partition coefficient (Wildman–Crippen LogP) is 2.61. The third-order valence-corrected chi connectivity index (χ3v) is 3.57. The lowest BCUT2D eigenvalue weighted by Crippen LogP contribution is -2.49. The van der Waals surface area contributed by atoms with Crippen molar-refractivity contribution in [2.75, 3.05) is 18.1 Å². The molecule has 0 N–H and O–H groups in total. The zero-order valence-corrected chi connectivity index (χ0v) is 11.3. The van der Waals surface area contributed by atoms with Gasteiger partial charge in [-0.15, -0.1) is 0 Å². The normalized spacial score (nSPS) is 23.8. The van der Waals surface area contributed by atoms with Crippen molar-refractivity contribution in [3.05, 3.63) is 22.8 Å². The standard InChI is InChI=1S/C13H16ClN3O/c1-3-11-8-18-9(2)7-17(11)13-12(14)10(6-15)4-5-16-13/h4-5,9,11H,3,7-8H2,1-2H3. The van der Waals surface area contributed by atoms with Gasteiger partial charge in [-0.3, -0.25) is 0 Å². The molecule has 2 atom stereocenters. The second kappa shape index (κ2) is 5.55. The maximum absolute atomic E-state index is 9.01. The van der Waals surface area contributed by atoms with Gasteiger partial charge in [0, 0.05) is 12.7 Å². The van der Waals surface area contributed by atoms with Crippen LogP contribution in [-0.2, 0) is 4.74 Å². The van der Waals surface area contributed by atoms with E-state index in [1.165, 1.54) is 0 Å².